The third-order valence-electron chi connectivity index (χ3n) is 6.50. The van der Waals surface area contributed by atoms with E-state index < -0.39 is 0 Å². The zero-order valence-corrected chi connectivity index (χ0v) is 19.7. The lowest BCUT2D eigenvalue weighted by atomic mass is 9.81. The van der Waals surface area contributed by atoms with Crippen LogP contribution in [0.5, 0.6) is 11.6 Å². The second-order valence-corrected chi connectivity index (χ2v) is 8.80. The minimum absolute atomic E-state index is 0.0145. The fourth-order valence-electron chi connectivity index (χ4n) is 4.75. The molecule has 2 heterocycles. The van der Waals surface area contributed by atoms with Crippen LogP contribution >= 0.6 is 0 Å². The molecular weight excluding hydrogens is 440 g/mol. The average Bonchev–Trinajstić information content (AvgIpc) is 3.34. The van der Waals surface area contributed by atoms with Gasteiger partial charge in [-0.2, -0.15) is 5.10 Å². The van der Waals surface area contributed by atoms with Crippen molar-refractivity contribution in [2.45, 2.75) is 38.3 Å². The number of rotatable bonds is 7. The van der Waals surface area contributed by atoms with Crippen molar-refractivity contribution in [2.24, 2.45) is 0 Å². The highest BCUT2D eigenvalue weighted by atomic mass is 16.5. The molecule has 2 aromatic heterocycles. The lowest BCUT2D eigenvalue weighted by Gasteiger charge is -2.31. The maximum absolute atomic E-state index is 14.0. The van der Waals surface area contributed by atoms with Gasteiger partial charge in [-0.05, 0) is 48.1 Å². The number of ether oxygens (including phenoxy) is 1. The Hall–Kier alpha value is -4.13. The fraction of sp³-hybridized carbons (Fsp3) is 0.250. The van der Waals surface area contributed by atoms with Crippen LogP contribution in [0, 0.1) is 0 Å². The van der Waals surface area contributed by atoms with E-state index in [0.29, 0.717) is 24.7 Å². The summed E-state index contributed by atoms with van der Waals surface area (Å²) in [6, 6.07) is 19.2. The first-order chi connectivity index (χ1) is 17.1. The highest BCUT2D eigenvalue weighted by molar-refractivity contribution is 5.98. The van der Waals surface area contributed by atoms with Crippen molar-refractivity contribution in [2.75, 3.05) is 12.0 Å². The molecule has 7 nitrogen and oxygen atoms in total. The maximum Gasteiger partial charge on any atom is 0.234 e. The molecule has 1 aliphatic carbocycles. The molecule has 0 saturated carbocycles. The van der Waals surface area contributed by atoms with Crippen LogP contribution < -0.4 is 9.64 Å². The number of benzene rings is 2. The summed E-state index contributed by atoms with van der Waals surface area (Å²) in [5.41, 5.74) is 4.57. The molecule has 0 bridgehead atoms. The Labute approximate surface area is 204 Å². The highest BCUT2D eigenvalue weighted by Gasteiger charge is 2.32. The van der Waals surface area contributed by atoms with E-state index in [1.165, 1.54) is 0 Å². The van der Waals surface area contributed by atoms with Crippen LogP contribution in [0.2, 0.25) is 0 Å². The Kier molecular flexibility index (Phi) is 6.48. The zero-order chi connectivity index (χ0) is 24.2. The number of aromatic nitrogens is 3. The van der Waals surface area contributed by atoms with Gasteiger partial charge in [-0.3, -0.25) is 9.48 Å². The number of phenolic OH excluding ortho intramolecular Hbond substituents is 1. The Morgan fingerprint density at radius 3 is 2.71 bits per heavy atom. The first-order valence-corrected chi connectivity index (χ1v) is 11.8. The second-order valence-electron chi connectivity index (χ2n) is 8.80. The molecule has 35 heavy (non-hydrogen) atoms. The molecule has 4 aromatic rings. The van der Waals surface area contributed by atoms with Crippen molar-refractivity contribution >= 4 is 11.6 Å². The zero-order valence-electron chi connectivity index (χ0n) is 19.7. The summed E-state index contributed by atoms with van der Waals surface area (Å²) in [7, 11) is 1.57. The third-order valence-corrected chi connectivity index (χ3v) is 6.50. The molecule has 0 radical (unpaired) electrons. The first kappa shape index (κ1) is 22.7. The number of pyridine rings is 1. The van der Waals surface area contributed by atoms with E-state index in [1.807, 2.05) is 47.3 Å². The predicted molar refractivity (Wildman–Crippen MR) is 134 cm³/mol. The maximum atomic E-state index is 14.0. The fourth-order valence-corrected chi connectivity index (χ4v) is 4.75. The molecule has 1 N–H and O–H groups in total. The second kappa shape index (κ2) is 10.0. The summed E-state index contributed by atoms with van der Waals surface area (Å²) in [5.74, 6) is 0.413. The van der Waals surface area contributed by atoms with Gasteiger partial charge in [0, 0.05) is 17.8 Å². The lowest BCUT2D eigenvalue weighted by Crippen LogP contribution is -2.36. The van der Waals surface area contributed by atoms with Gasteiger partial charge in [0.05, 0.1) is 44.2 Å². The number of hydrogen-bond acceptors (Lipinski definition) is 5. The van der Waals surface area contributed by atoms with Crippen molar-refractivity contribution in [3.05, 3.63) is 102 Å². The van der Waals surface area contributed by atoms with Crippen LogP contribution in [-0.2, 0) is 24.3 Å². The first-order valence-electron chi connectivity index (χ1n) is 11.8. The monoisotopic (exact) mass is 468 g/mol. The SMILES string of the molecule is COc1ccc(N(Cc2cnn(Cc3ccccc3)c2)C(=O)C2CCCc3c(O)cccc32)cn1. The summed E-state index contributed by atoms with van der Waals surface area (Å²) >= 11 is 0. The molecule has 7 heteroatoms. The highest BCUT2D eigenvalue weighted by Crippen LogP contribution is 2.38. The van der Waals surface area contributed by atoms with E-state index in [-0.39, 0.29) is 17.6 Å². The Morgan fingerprint density at radius 1 is 1.09 bits per heavy atom. The number of methoxy groups -OCH3 is 1. The van der Waals surface area contributed by atoms with Crippen LogP contribution in [0.3, 0.4) is 0 Å². The number of nitrogens with zero attached hydrogens (tertiary/aromatic N) is 4. The average molecular weight is 469 g/mol. The number of hydrogen-bond donors (Lipinski definition) is 1. The van der Waals surface area contributed by atoms with Crippen molar-refractivity contribution in [3.63, 3.8) is 0 Å². The Bertz CT molecular complexity index is 1300. The molecule has 1 atom stereocenters. The molecule has 5 rings (SSSR count). The van der Waals surface area contributed by atoms with Crippen molar-refractivity contribution in [1.82, 2.24) is 14.8 Å². The number of aromatic hydroxyl groups is 1. The van der Waals surface area contributed by atoms with Crippen molar-refractivity contribution in [1.29, 1.82) is 0 Å². The summed E-state index contributed by atoms with van der Waals surface area (Å²) in [6.07, 6.45) is 7.82. The summed E-state index contributed by atoms with van der Waals surface area (Å²) in [5, 5.41) is 14.9. The van der Waals surface area contributed by atoms with E-state index in [2.05, 4.69) is 22.2 Å². The topological polar surface area (TPSA) is 80.5 Å². The van der Waals surface area contributed by atoms with Gasteiger partial charge >= 0.3 is 0 Å². The molecular formula is C28H28N4O3. The summed E-state index contributed by atoms with van der Waals surface area (Å²) in [6.45, 7) is 1.03. The summed E-state index contributed by atoms with van der Waals surface area (Å²) < 4.78 is 7.09. The molecule has 1 amide bonds. The van der Waals surface area contributed by atoms with E-state index in [0.717, 1.165) is 41.5 Å². The minimum Gasteiger partial charge on any atom is -0.508 e. The molecule has 178 valence electrons. The van der Waals surface area contributed by atoms with Gasteiger partial charge in [-0.25, -0.2) is 4.98 Å². The van der Waals surface area contributed by atoms with E-state index >= 15 is 0 Å². The van der Waals surface area contributed by atoms with Gasteiger partial charge < -0.3 is 14.7 Å². The van der Waals surface area contributed by atoms with Crippen LogP contribution in [-0.4, -0.2) is 32.9 Å². The molecule has 0 aliphatic heterocycles. The van der Waals surface area contributed by atoms with Crippen LogP contribution in [0.1, 0.15) is 41.0 Å². The number of amides is 1. The van der Waals surface area contributed by atoms with E-state index in [4.69, 9.17) is 4.74 Å². The van der Waals surface area contributed by atoms with Crippen LogP contribution in [0.15, 0.2) is 79.3 Å². The Morgan fingerprint density at radius 2 is 1.94 bits per heavy atom. The molecule has 1 unspecified atom stereocenters. The largest absolute Gasteiger partial charge is 0.508 e. The number of fused-ring (bicyclic) bond motifs is 1. The van der Waals surface area contributed by atoms with E-state index in [1.54, 1.807) is 36.5 Å². The van der Waals surface area contributed by atoms with Gasteiger partial charge in [0.25, 0.3) is 0 Å². The third kappa shape index (κ3) is 4.89. The molecule has 0 spiro atoms. The normalized spacial score (nSPS) is 14.8. The number of phenols is 1. The molecule has 0 fully saturated rings. The van der Waals surface area contributed by atoms with Gasteiger partial charge in [-0.1, -0.05) is 42.5 Å². The van der Waals surface area contributed by atoms with E-state index in [9.17, 15) is 9.90 Å². The smallest absolute Gasteiger partial charge is 0.234 e. The number of carbonyl (C=O) groups excluding carboxylic acids is 1. The lowest BCUT2D eigenvalue weighted by molar-refractivity contribution is -0.120. The molecule has 2 aromatic carbocycles. The summed E-state index contributed by atoms with van der Waals surface area (Å²) in [4.78, 5) is 20.1. The van der Waals surface area contributed by atoms with Gasteiger partial charge in [0.15, 0.2) is 0 Å². The number of anilines is 1. The van der Waals surface area contributed by atoms with Crippen LogP contribution in [0.4, 0.5) is 5.69 Å². The molecule has 0 saturated heterocycles. The van der Waals surface area contributed by atoms with Crippen LogP contribution in [0.25, 0.3) is 0 Å². The standard InChI is InChI=1S/C28H28N4O3/c1-35-27-14-13-22(16-29-27)32(19-21-15-30-31(18-21)17-20-7-3-2-4-8-20)28(34)25-11-5-10-24-23(25)9-6-12-26(24)33/h2-4,6-9,12-16,18,25,33H,5,10-11,17,19H2,1H3. The van der Waals surface area contributed by atoms with Gasteiger partial charge in [-0.15, -0.1) is 0 Å². The minimum atomic E-state index is -0.327. The number of carbonyl (C=O) groups is 1. The van der Waals surface area contributed by atoms with Gasteiger partial charge in [0.2, 0.25) is 11.8 Å². The molecule has 1 aliphatic rings. The van der Waals surface area contributed by atoms with Crippen molar-refractivity contribution < 1.29 is 14.6 Å². The van der Waals surface area contributed by atoms with Crippen molar-refractivity contribution in [3.8, 4) is 11.6 Å². The Balaban J connectivity index is 1.44. The predicted octanol–water partition coefficient (Wildman–Crippen LogP) is 4.69. The quantitative estimate of drug-likeness (QED) is 0.426. The van der Waals surface area contributed by atoms with Gasteiger partial charge in [0.1, 0.15) is 5.75 Å².